The third-order valence-corrected chi connectivity index (χ3v) is 4.23. The van der Waals surface area contributed by atoms with Gasteiger partial charge in [-0.25, -0.2) is 4.79 Å². The van der Waals surface area contributed by atoms with Crippen LogP contribution in [0.2, 0.25) is 0 Å². The van der Waals surface area contributed by atoms with Crippen LogP contribution in [-0.4, -0.2) is 66.4 Å². The minimum absolute atomic E-state index is 0.00725. The largest absolute Gasteiger partial charge is 0.339 e. The van der Waals surface area contributed by atoms with Gasteiger partial charge in [-0.15, -0.1) is 0 Å². The predicted molar refractivity (Wildman–Crippen MR) is 89.7 cm³/mol. The molecule has 0 spiro atoms. The number of piperazine rings is 1. The predicted octanol–water partition coefficient (Wildman–Crippen LogP) is 0.977. The lowest BCUT2D eigenvalue weighted by atomic mass is 10.1. The second kappa shape index (κ2) is 7.97. The first-order chi connectivity index (χ1) is 11.0. The van der Waals surface area contributed by atoms with Crippen molar-refractivity contribution >= 4 is 11.9 Å². The summed E-state index contributed by atoms with van der Waals surface area (Å²) < 4.78 is 0. The maximum absolute atomic E-state index is 12.5. The lowest BCUT2D eigenvalue weighted by molar-refractivity contribution is -0.136. The minimum Gasteiger partial charge on any atom is -0.339 e. The van der Waals surface area contributed by atoms with Crippen molar-refractivity contribution in [1.29, 1.82) is 0 Å². The van der Waals surface area contributed by atoms with Gasteiger partial charge in [0.25, 0.3) is 0 Å². The zero-order valence-electron chi connectivity index (χ0n) is 13.9. The molecule has 2 N–H and O–H groups in total. The lowest BCUT2D eigenvalue weighted by Gasteiger charge is -2.37. The summed E-state index contributed by atoms with van der Waals surface area (Å²) in [5.41, 5.74) is 6.65. The van der Waals surface area contributed by atoms with E-state index in [1.807, 2.05) is 44.3 Å². The van der Waals surface area contributed by atoms with E-state index in [1.165, 1.54) is 0 Å². The van der Waals surface area contributed by atoms with E-state index >= 15 is 0 Å². The molecule has 0 radical (unpaired) electrons. The second-order valence-corrected chi connectivity index (χ2v) is 6.07. The normalized spacial score (nSPS) is 16.1. The number of rotatable bonds is 4. The maximum Gasteiger partial charge on any atom is 0.320 e. The molecular formula is C17H26N4O2. The highest BCUT2D eigenvalue weighted by atomic mass is 16.2. The second-order valence-electron chi connectivity index (χ2n) is 6.07. The first-order valence-corrected chi connectivity index (χ1v) is 8.05. The fourth-order valence-corrected chi connectivity index (χ4v) is 2.70. The Kier molecular flexibility index (Phi) is 5.98. The Balaban J connectivity index is 1.84. The summed E-state index contributed by atoms with van der Waals surface area (Å²) in [6, 6.07) is 9.92. The fourth-order valence-electron chi connectivity index (χ4n) is 2.70. The number of urea groups is 1. The molecule has 1 aliphatic heterocycles. The molecule has 0 bridgehead atoms. The van der Waals surface area contributed by atoms with Crippen LogP contribution in [0.5, 0.6) is 0 Å². The third-order valence-electron chi connectivity index (χ3n) is 4.23. The standard InChI is InChI=1S/C17H26N4O2/c1-14(12-18)16(22)20-8-10-21(11-9-20)17(23)19(2)13-15-6-4-3-5-7-15/h3-7,14H,8-13,18H2,1-2H3. The highest BCUT2D eigenvalue weighted by molar-refractivity contribution is 5.79. The van der Waals surface area contributed by atoms with E-state index in [1.54, 1.807) is 14.7 Å². The summed E-state index contributed by atoms with van der Waals surface area (Å²) in [4.78, 5) is 29.9. The van der Waals surface area contributed by atoms with Crippen LogP contribution in [0.25, 0.3) is 0 Å². The summed E-state index contributed by atoms with van der Waals surface area (Å²) in [7, 11) is 1.81. The van der Waals surface area contributed by atoms with Gasteiger partial charge in [0.2, 0.25) is 5.91 Å². The first kappa shape index (κ1) is 17.3. The van der Waals surface area contributed by atoms with Crippen LogP contribution in [0.3, 0.4) is 0 Å². The van der Waals surface area contributed by atoms with Crippen molar-refractivity contribution in [2.24, 2.45) is 11.7 Å². The van der Waals surface area contributed by atoms with Gasteiger partial charge in [-0.2, -0.15) is 0 Å². The van der Waals surface area contributed by atoms with Crippen LogP contribution in [0.15, 0.2) is 30.3 Å². The van der Waals surface area contributed by atoms with Crippen LogP contribution >= 0.6 is 0 Å². The van der Waals surface area contributed by atoms with Gasteiger partial charge in [-0.1, -0.05) is 37.3 Å². The number of carbonyl (C=O) groups excluding carboxylic acids is 2. The quantitative estimate of drug-likeness (QED) is 0.899. The molecule has 3 amide bonds. The number of hydrogen-bond donors (Lipinski definition) is 1. The molecule has 0 aliphatic carbocycles. The Bertz CT molecular complexity index is 527. The summed E-state index contributed by atoms with van der Waals surface area (Å²) in [6.07, 6.45) is 0. The Morgan fingerprint density at radius 3 is 2.26 bits per heavy atom. The Morgan fingerprint density at radius 2 is 1.70 bits per heavy atom. The minimum atomic E-state index is -0.155. The first-order valence-electron chi connectivity index (χ1n) is 8.05. The monoisotopic (exact) mass is 318 g/mol. The van der Waals surface area contributed by atoms with Crippen molar-refractivity contribution in [3.63, 3.8) is 0 Å². The van der Waals surface area contributed by atoms with Gasteiger partial charge in [0, 0.05) is 52.2 Å². The number of benzene rings is 1. The lowest BCUT2D eigenvalue weighted by Crippen LogP contribution is -2.54. The number of carbonyl (C=O) groups is 2. The summed E-state index contributed by atoms with van der Waals surface area (Å²) in [5.74, 6) is -0.0738. The SMILES string of the molecule is CC(CN)C(=O)N1CCN(C(=O)N(C)Cc2ccccc2)CC1. The molecule has 1 fully saturated rings. The van der Waals surface area contributed by atoms with Gasteiger partial charge in [0.05, 0.1) is 0 Å². The van der Waals surface area contributed by atoms with Crippen molar-refractivity contribution in [3.8, 4) is 0 Å². The molecule has 0 aromatic heterocycles. The molecule has 126 valence electrons. The van der Waals surface area contributed by atoms with Gasteiger partial charge >= 0.3 is 6.03 Å². The van der Waals surface area contributed by atoms with Gasteiger partial charge in [0.15, 0.2) is 0 Å². The van der Waals surface area contributed by atoms with E-state index in [0.29, 0.717) is 39.3 Å². The molecule has 6 nitrogen and oxygen atoms in total. The molecule has 0 saturated carbocycles. The topological polar surface area (TPSA) is 69.9 Å². The van der Waals surface area contributed by atoms with Crippen LogP contribution in [0, 0.1) is 5.92 Å². The molecule has 1 aromatic carbocycles. The van der Waals surface area contributed by atoms with Gasteiger partial charge in [0.1, 0.15) is 0 Å². The number of hydrogen-bond acceptors (Lipinski definition) is 3. The van der Waals surface area contributed by atoms with Crippen LogP contribution in [-0.2, 0) is 11.3 Å². The molecule has 1 unspecified atom stereocenters. The smallest absolute Gasteiger partial charge is 0.320 e. The molecule has 2 rings (SSSR count). The maximum atomic E-state index is 12.5. The zero-order chi connectivity index (χ0) is 16.8. The molecule has 1 atom stereocenters. The average molecular weight is 318 g/mol. The molecule has 1 saturated heterocycles. The summed E-state index contributed by atoms with van der Waals surface area (Å²) in [6.45, 7) is 5.08. The molecule has 23 heavy (non-hydrogen) atoms. The Labute approximate surface area is 137 Å². The molecule has 1 heterocycles. The van der Waals surface area contributed by atoms with E-state index in [0.717, 1.165) is 5.56 Å². The highest BCUT2D eigenvalue weighted by Gasteiger charge is 2.27. The van der Waals surface area contributed by atoms with Crippen molar-refractivity contribution in [2.75, 3.05) is 39.8 Å². The Hall–Kier alpha value is -2.08. The number of nitrogens with two attached hydrogens (primary N) is 1. The van der Waals surface area contributed by atoms with Gasteiger partial charge < -0.3 is 20.4 Å². The van der Waals surface area contributed by atoms with Gasteiger partial charge in [-0.3, -0.25) is 4.79 Å². The van der Waals surface area contributed by atoms with Crippen molar-refractivity contribution in [1.82, 2.24) is 14.7 Å². The summed E-state index contributed by atoms with van der Waals surface area (Å²) in [5, 5.41) is 0. The van der Waals surface area contributed by atoms with E-state index < -0.39 is 0 Å². The average Bonchev–Trinajstić information content (AvgIpc) is 2.60. The molecule has 1 aliphatic rings. The Morgan fingerprint density at radius 1 is 1.13 bits per heavy atom. The number of nitrogens with zero attached hydrogens (tertiary/aromatic N) is 3. The third kappa shape index (κ3) is 4.45. The van der Waals surface area contributed by atoms with E-state index in [9.17, 15) is 9.59 Å². The number of amides is 3. The van der Waals surface area contributed by atoms with Crippen LogP contribution < -0.4 is 5.73 Å². The van der Waals surface area contributed by atoms with Gasteiger partial charge in [-0.05, 0) is 5.56 Å². The van der Waals surface area contributed by atoms with E-state index in [-0.39, 0.29) is 17.9 Å². The van der Waals surface area contributed by atoms with E-state index in [4.69, 9.17) is 5.73 Å². The molecule has 1 aromatic rings. The van der Waals surface area contributed by atoms with Crippen molar-refractivity contribution < 1.29 is 9.59 Å². The zero-order valence-corrected chi connectivity index (χ0v) is 13.9. The molecule has 6 heteroatoms. The van der Waals surface area contributed by atoms with Crippen LogP contribution in [0.4, 0.5) is 4.79 Å². The summed E-state index contributed by atoms with van der Waals surface area (Å²) >= 11 is 0. The van der Waals surface area contributed by atoms with E-state index in [2.05, 4.69) is 0 Å². The highest BCUT2D eigenvalue weighted by Crippen LogP contribution is 2.10. The van der Waals surface area contributed by atoms with Crippen molar-refractivity contribution in [3.05, 3.63) is 35.9 Å². The van der Waals surface area contributed by atoms with Crippen LogP contribution in [0.1, 0.15) is 12.5 Å². The molecular weight excluding hydrogens is 292 g/mol. The fraction of sp³-hybridized carbons (Fsp3) is 0.529. The van der Waals surface area contributed by atoms with Crippen molar-refractivity contribution in [2.45, 2.75) is 13.5 Å².